The zero-order chi connectivity index (χ0) is 12.8. The summed E-state index contributed by atoms with van der Waals surface area (Å²) in [7, 11) is 0. The van der Waals surface area contributed by atoms with E-state index in [1.54, 1.807) is 11.8 Å². The van der Waals surface area contributed by atoms with Gasteiger partial charge < -0.3 is 10.2 Å². The van der Waals surface area contributed by atoms with Crippen LogP contribution in [0.3, 0.4) is 0 Å². The number of nitrogens with zero attached hydrogens (tertiary/aromatic N) is 1. The van der Waals surface area contributed by atoms with Crippen molar-refractivity contribution in [1.29, 1.82) is 0 Å². The third kappa shape index (κ3) is 4.88. The minimum Gasteiger partial charge on any atom is -0.336 e. The Morgan fingerprint density at radius 1 is 1.47 bits per heavy atom. The molecule has 1 rings (SSSR count). The predicted octanol–water partition coefficient (Wildman–Crippen LogP) is 1.97. The van der Waals surface area contributed by atoms with Gasteiger partial charge in [0.1, 0.15) is 0 Å². The van der Waals surface area contributed by atoms with E-state index >= 15 is 0 Å². The van der Waals surface area contributed by atoms with Gasteiger partial charge >= 0.3 is 0 Å². The van der Waals surface area contributed by atoms with E-state index in [1.807, 2.05) is 4.90 Å². The highest BCUT2D eigenvalue weighted by molar-refractivity contribution is 7.99. The molecular formula is C13H26N2OS. The fourth-order valence-corrected chi connectivity index (χ4v) is 3.09. The molecule has 3 nitrogen and oxygen atoms in total. The Kier molecular flexibility index (Phi) is 6.34. The SMILES string of the molecule is CC(C)CCSCC(=O)N1CCNC(C)C1C. The van der Waals surface area contributed by atoms with Gasteiger partial charge in [-0.3, -0.25) is 4.79 Å². The molecule has 0 aromatic carbocycles. The van der Waals surface area contributed by atoms with Gasteiger partial charge in [-0.1, -0.05) is 13.8 Å². The molecule has 0 aliphatic carbocycles. The average Bonchev–Trinajstić information content (AvgIpc) is 2.27. The predicted molar refractivity (Wildman–Crippen MR) is 75.4 cm³/mol. The molecule has 1 amide bonds. The third-order valence-electron chi connectivity index (χ3n) is 3.42. The highest BCUT2D eigenvalue weighted by Crippen LogP contribution is 2.13. The fraction of sp³-hybridized carbons (Fsp3) is 0.923. The number of carbonyl (C=O) groups is 1. The van der Waals surface area contributed by atoms with Crippen LogP contribution in [0.15, 0.2) is 0 Å². The van der Waals surface area contributed by atoms with E-state index < -0.39 is 0 Å². The van der Waals surface area contributed by atoms with E-state index in [0.29, 0.717) is 23.7 Å². The van der Waals surface area contributed by atoms with Gasteiger partial charge in [0.25, 0.3) is 0 Å². The summed E-state index contributed by atoms with van der Waals surface area (Å²) in [6.07, 6.45) is 1.20. The van der Waals surface area contributed by atoms with Crippen molar-refractivity contribution in [1.82, 2.24) is 10.2 Å². The quantitative estimate of drug-likeness (QED) is 0.765. The van der Waals surface area contributed by atoms with Crippen molar-refractivity contribution in [3.63, 3.8) is 0 Å². The number of hydrogen-bond acceptors (Lipinski definition) is 3. The van der Waals surface area contributed by atoms with Gasteiger partial charge in [-0.05, 0) is 31.9 Å². The minimum absolute atomic E-state index is 0.305. The summed E-state index contributed by atoms with van der Waals surface area (Å²) in [5.41, 5.74) is 0. The van der Waals surface area contributed by atoms with Crippen LogP contribution in [0.1, 0.15) is 34.1 Å². The summed E-state index contributed by atoms with van der Waals surface area (Å²) in [6, 6.07) is 0.732. The molecule has 1 heterocycles. The van der Waals surface area contributed by atoms with E-state index in [2.05, 4.69) is 33.0 Å². The number of carbonyl (C=O) groups excluding carboxylic acids is 1. The van der Waals surface area contributed by atoms with Gasteiger partial charge in [0, 0.05) is 25.2 Å². The normalized spacial score (nSPS) is 25.4. The van der Waals surface area contributed by atoms with Crippen molar-refractivity contribution in [2.45, 2.75) is 46.2 Å². The Morgan fingerprint density at radius 2 is 2.18 bits per heavy atom. The molecule has 0 radical (unpaired) electrons. The molecule has 2 unspecified atom stereocenters. The number of thioether (sulfide) groups is 1. The maximum absolute atomic E-state index is 12.1. The van der Waals surface area contributed by atoms with Crippen LogP contribution < -0.4 is 5.32 Å². The second-order valence-electron chi connectivity index (χ2n) is 5.31. The molecular weight excluding hydrogens is 232 g/mol. The standard InChI is InChI=1S/C13H26N2OS/c1-10(2)5-8-17-9-13(16)15-7-6-14-11(3)12(15)4/h10-12,14H,5-9H2,1-4H3. The molecule has 0 aromatic rings. The van der Waals surface area contributed by atoms with E-state index in [-0.39, 0.29) is 0 Å². The number of piperazine rings is 1. The van der Waals surface area contributed by atoms with Crippen LogP contribution in [0.25, 0.3) is 0 Å². The fourth-order valence-electron chi connectivity index (χ4n) is 1.97. The summed E-state index contributed by atoms with van der Waals surface area (Å²) >= 11 is 1.77. The lowest BCUT2D eigenvalue weighted by Crippen LogP contribution is -2.57. The van der Waals surface area contributed by atoms with Crippen LogP contribution in [0.2, 0.25) is 0 Å². The van der Waals surface area contributed by atoms with Gasteiger partial charge in [0.05, 0.1) is 5.75 Å². The van der Waals surface area contributed by atoms with Crippen molar-refractivity contribution >= 4 is 17.7 Å². The van der Waals surface area contributed by atoms with Crippen LogP contribution in [-0.4, -0.2) is 47.5 Å². The zero-order valence-electron chi connectivity index (χ0n) is 11.5. The Morgan fingerprint density at radius 3 is 2.82 bits per heavy atom. The van der Waals surface area contributed by atoms with Crippen molar-refractivity contribution in [2.24, 2.45) is 5.92 Å². The van der Waals surface area contributed by atoms with Gasteiger partial charge in [-0.2, -0.15) is 11.8 Å². The second-order valence-corrected chi connectivity index (χ2v) is 6.41. The van der Waals surface area contributed by atoms with Gasteiger partial charge in [0.15, 0.2) is 0 Å². The first-order chi connectivity index (χ1) is 8.02. The molecule has 0 saturated carbocycles. The van der Waals surface area contributed by atoms with Gasteiger partial charge in [-0.25, -0.2) is 0 Å². The maximum Gasteiger partial charge on any atom is 0.232 e. The highest BCUT2D eigenvalue weighted by atomic mass is 32.2. The summed E-state index contributed by atoms with van der Waals surface area (Å²) in [4.78, 5) is 14.1. The first-order valence-corrected chi connectivity index (χ1v) is 7.78. The van der Waals surface area contributed by atoms with Crippen LogP contribution in [-0.2, 0) is 4.79 Å². The Bertz CT molecular complexity index is 246. The second kappa shape index (κ2) is 7.27. The third-order valence-corrected chi connectivity index (χ3v) is 4.40. The zero-order valence-corrected chi connectivity index (χ0v) is 12.3. The van der Waals surface area contributed by atoms with Crippen LogP contribution in [0, 0.1) is 5.92 Å². The Labute approximate surface area is 110 Å². The highest BCUT2D eigenvalue weighted by Gasteiger charge is 2.27. The molecule has 2 atom stereocenters. The Hall–Kier alpha value is -0.220. The van der Waals surface area contributed by atoms with Gasteiger partial charge in [-0.15, -0.1) is 0 Å². The molecule has 4 heteroatoms. The van der Waals surface area contributed by atoms with Gasteiger partial charge in [0.2, 0.25) is 5.91 Å². The van der Waals surface area contributed by atoms with Crippen LogP contribution in [0.4, 0.5) is 0 Å². The first-order valence-electron chi connectivity index (χ1n) is 6.63. The van der Waals surface area contributed by atoms with Crippen LogP contribution >= 0.6 is 11.8 Å². The molecule has 1 aliphatic rings. The molecule has 1 saturated heterocycles. The monoisotopic (exact) mass is 258 g/mol. The lowest BCUT2D eigenvalue weighted by Gasteiger charge is -2.38. The number of amides is 1. The molecule has 0 spiro atoms. The smallest absolute Gasteiger partial charge is 0.232 e. The molecule has 100 valence electrons. The first kappa shape index (κ1) is 14.8. The van der Waals surface area contributed by atoms with Crippen molar-refractivity contribution in [3.8, 4) is 0 Å². The summed E-state index contributed by atoms with van der Waals surface area (Å²) in [6.45, 7) is 10.5. The van der Waals surface area contributed by atoms with E-state index in [4.69, 9.17) is 0 Å². The number of nitrogens with one attached hydrogen (secondary N) is 1. The van der Waals surface area contributed by atoms with E-state index in [9.17, 15) is 4.79 Å². The minimum atomic E-state index is 0.305. The van der Waals surface area contributed by atoms with E-state index in [1.165, 1.54) is 6.42 Å². The maximum atomic E-state index is 12.1. The average molecular weight is 258 g/mol. The summed E-state index contributed by atoms with van der Waals surface area (Å²) in [5.74, 6) is 2.78. The van der Waals surface area contributed by atoms with Crippen molar-refractivity contribution in [3.05, 3.63) is 0 Å². The molecule has 1 aliphatic heterocycles. The molecule has 17 heavy (non-hydrogen) atoms. The molecule has 0 aromatic heterocycles. The summed E-state index contributed by atoms with van der Waals surface area (Å²) in [5, 5.41) is 3.40. The molecule has 0 bridgehead atoms. The topological polar surface area (TPSA) is 32.3 Å². The number of hydrogen-bond donors (Lipinski definition) is 1. The van der Waals surface area contributed by atoms with Crippen molar-refractivity contribution < 1.29 is 4.79 Å². The largest absolute Gasteiger partial charge is 0.336 e. The lowest BCUT2D eigenvalue weighted by molar-refractivity contribution is -0.131. The number of rotatable bonds is 5. The Balaban J connectivity index is 2.27. The molecule has 1 fully saturated rings. The van der Waals surface area contributed by atoms with Crippen molar-refractivity contribution in [2.75, 3.05) is 24.6 Å². The molecule has 1 N–H and O–H groups in total. The van der Waals surface area contributed by atoms with E-state index in [0.717, 1.165) is 24.8 Å². The van der Waals surface area contributed by atoms with Crippen LogP contribution in [0.5, 0.6) is 0 Å². The summed E-state index contributed by atoms with van der Waals surface area (Å²) < 4.78 is 0. The lowest BCUT2D eigenvalue weighted by atomic mass is 10.1.